The molecular weight excluding hydrogens is 254 g/mol. The van der Waals surface area contributed by atoms with Crippen LogP contribution in [0.15, 0.2) is 0 Å². The summed E-state index contributed by atoms with van der Waals surface area (Å²) in [6.45, 7) is 3.53. The molecule has 2 aliphatic rings. The molecular formula is C11H21N3O3S. The number of carbonyl (C=O) groups excluding carboxylic acids is 1. The fraction of sp³-hybridized carbons (Fsp3) is 0.909. The molecule has 0 aromatic rings. The smallest absolute Gasteiger partial charge is 0.277 e. The lowest BCUT2D eigenvalue weighted by atomic mass is 9.87. The summed E-state index contributed by atoms with van der Waals surface area (Å²) in [5.41, 5.74) is -0.232. The number of nitrogens with zero attached hydrogens (tertiary/aromatic N) is 2. The van der Waals surface area contributed by atoms with E-state index in [1.807, 2.05) is 6.92 Å². The van der Waals surface area contributed by atoms with E-state index >= 15 is 0 Å². The van der Waals surface area contributed by atoms with E-state index in [2.05, 4.69) is 0 Å². The summed E-state index contributed by atoms with van der Waals surface area (Å²) in [5, 5.41) is 5.07. The molecule has 2 N–H and O–H groups in total. The Morgan fingerprint density at radius 1 is 1.11 bits per heavy atom. The average Bonchev–Trinajstić information content (AvgIpc) is 2.75. The first-order chi connectivity index (χ1) is 8.33. The first-order valence-electron chi connectivity index (χ1n) is 6.40. The third-order valence-corrected chi connectivity index (χ3v) is 5.19. The molecule has 1 amide bonds. The maximum absolute atomic E-state index is 12.4. The van der Waals surface area contributed by atoms with Crippen LogP contribution in [-0.4, -0.2) is 49.7 Å². The van der Waals surface area contributed by atoms with Crippen LogP contribution >= 0.6 is 0 Å². The molecule has 0 unspecified atom stereocenters. The van der Waals surface area contributed by atoms with Crippen molar-refractivity contribution in [3.8, 4) is 0 Å². The summed E-state index contributed by atoms with van der Waals surface area (Å²) in [4.78, 5) is 14.2. The molecule has 104 valence electrons. The lowest BCUT2D eigenvalue weighted by Gasteiger charge is -2.37. The SMILES string of the molecule is CC1(C(=O)N2CCN(S(N)(=O)=O)CC2)CCCC1. The van der Waals surface area contributed by atoms with Crippen LogP contribution in [0, 0.1) is 5.41 Å². The third kappa shape index (κ3) is 2.67. The van der Waals surface area contributed by atoms with Gasteiger partial charge >= 0.3 is 0 Å². The maximum Gasteiger partial charge on any atom is 0.277 e. The van der Waals surface area contributed by atoms with Crippen LogP contribution in [0.5, 0.6) is 0 Å². The minimum atomic E-state index is -3.61. The first-order valence-corrected chi connectivity index (χ1v) is 7.90. The Labute approximate surface area is 108 Å². The van der Waals surface area contributed by atoms with E-state index in [-0.39, 0.29) is 11.3 Å². The van der Waals surface area contributed by atoms with Gasteiger partial charge in [0.25, 0.3) is 10.2 Å². The highest BCUT2D eigenvalue weighted by Gasteiger charge is 2.40. The van der Waals surface area contributed by atoms with Crippen LogP contribution < -0.4 is 5.14 Å². The molecule has 0 aromatic carbocycles. The van der Waals surface area contributed by atoms with Crippen LogP contribution in [0.4, 0.5) is 0 Å². The van der Waals surface area contributed by atoms with Gasteiger partial charge in [0.1, 0.15) is 0 Å². The molecule has 1 aliphatic carbocycles. The van der Waals surface area contributed by atoms with Gasteiger partial charge in [0.2, 0.25) is 5.91 Å². The summed E-state index contributed by atoms with van der Waals surface area (Å²) in [5.74, 6) is 0.175. The predicted molar refractivity (Wildman–Crippen MR) is 67.8 cm³/mol. The van der Waals surface area contributed by atoms with E-state index in [1.165, 1.54) is 4.31 Å². The highest BCUT2D eigenvalue weighted by molar-refractivity contribution is 7.86. The Bertz CT molecular complexity index is 421. The topological polar surface area (TPSA) is 83.7 Å². The molecule has 1 saturated heterocycles. The van der Waals surface area contributed by atoms with Crippen LogP contribution in [0.1, 0.15) is 32.6 Å². The number of rotatable bonds is 2. The van der Waals surface area contributed by atoms with Crippen molar-refractivity contribution in [1.29, 1.82) is 0 Å². The molecule has 0 aromatic heterocycles. The van der Waals surface area contributed by atoms with E-state index in [0.29, 0.717) is 26.2 Å². The Kier molecular flexibility index (Phi) is 3.66. The van der Waals surface area contributed by atoms with Gasteiger partial charge in [-0.2, -0.15) is 12.7 Å². The summed E-state index contributed by atoms with van der Waals surface area (Å²) in [6, 6.07) is 0. The quantitative estimate of drug-likeness (QED) is 0.764. The Morgan fingerprint density at radius 2 is 1.61 bits per heavy atom. The zero-order valence-electron chi connectivity index (χ0n) is 10.8. The molecule has 0 spiro atoms. The molecule has 2 rings (SSSR count). The monoisotopic (exact) mass is 275 g/mol. The lowest BCUT2D eigenvalue weighted by molar-refractivity contribution is -0.142. The van der Waals surface area contributed by atoms with Crippen molar-refractivity contribution in [2.45, 2.75) is 32.6 Å². The molecule has 0 bridgehead atoms. The van der Waals surface area contributed by atoms with Crippen molar-refractivity contribution in [3.63, 3.8) is 0 Å². The Balaban J connectivity index is 1.96. The van der Waals surface area contributed by atoms with Crippen molar-refractivity contribution in [1.82, 2.24) is 9.21 Å². The normalized spacial score (nSPS) is 25.3. The summed E-state index contributed by atoms with van der Waals surface area (Å²) in [6.07, 6.45) is 4.11. The standard InChI is InChI=1S/C11H21N3O3S/c1-11(4-2-3-5-11)10(15)13-6-8-14(9-7-13)18(12,16)17/h2-9H2,1H3,(H2,12,16,17). The number of nitrogens with two attached hydrogens (primary N) is 1. The van der Waals surface area contributed by atoms with Gasteiger partial charge in [-0.15, -0.1) is 0 Å². The van der Waals surface area contributed by atoms with E-state index in [1.54, 1.807) is 4.90 Å². The number of hydrogen-bond acceptors (Lipinski definition) is 3. The average molecular weight is 275 g/mol. The maximum atomic E-state index is 12.4. The van der Waals surface area contributed by atoms with Crippen molar-refractivity contribution in [2.24, 2.45) is 10.6 Å². The molecule has 1 heterocycles. The third-order valence-electron chi connectivity index (χ3n) is 4.11. The van der Waals surface area contributed by atoms with Crippen LogP contribution in [0.2, 0.25) is 0 Å². The zero-order valence-corrected chi connectivity index (χ0v) is 11.6. The van der Waals surface area contributed by atoms with Gasteiger partial charge in [0, 0.05) is 31.6 Å². The molecule has 1 saturated carbocycles. The van der Waals surface area contributed by atoms with Gasteiger partial charge in [-0.25, -0.2) is 5.14 Å². The minimum Gasteiger partial charge on any atom is -0.340 e. The van der Waals surface area contributed by atoms with Gasteiger partial charge in [-0.05, 0) is 12.8 Å². The Hall–Kier alpha value is -0.660. The summed E-state index contributed by atoms with van der Waals surface area (Å²) >= 11 is 0. The fourth-order valence-corrected chi connectivity index (χ4v) is 3.57. The predicted octanol–water partition coefficient (Wildman–Crippen LogP) is -0.0856. The number of carbonyl (C=O) groups is 1. The summed E-state index contributed by atoms with van der Waals surface area (Å²) in [7, 11) is -3.61. The number of amides is 1. The molecule has 0 radical (unpaired) electrons. The van der Waals surface area contributed by atoms with Crippen LogP contribution in [0.3, 0.4) is 0 Å². The lowest BCUT2D eigenvalue weighted by Crippen LogP contribution is -2.54. The molecule has 6 nitrogen and oxygen atoms in total. The second-order valence-corrected chi connectivity index (χ2v) is 7.05. The second kappa shape index (κ2) is 4.79. The van der Waals surface area contributed by atoms with E-state index in [0.717, 1.165) is 25.7 Å². The highest BCUT2D eigenvalue weighted by Crippen LogP contribution is 2.39. The molecule has 18 heavy (non-hydrogen) atoms. The molecule has 1 aliphatic heterocycles. The van der Waals surface area contributed by atoms with Crippen molar-refractivity contribution in [3.05, 3.63) is 0 Å². The second-order valence-electron chi connectivity index (χ2n) is 5.50. The highest BCUT2D eigenvalue weighted by atomic mass is 32.2. The number of hydrogen-bond donors (Lipinski definition) is 1. The van der Waals surface area contributed by atoms with Gasteiger partial charge in [-0.3, -0.25) is 4.79 Å². The van der Waals surface area contributed by atoms with Gasteiger partial charge in [0.15, 0.2) is 0 Å². The fourth-order valence-electron chi connectivity index (χ4n) is 2.90. The van der Waals surface area contributed by atoms with E-state index in [4.69, 9.17) is 5.14 Å². The van der Waals surface area contributed by atoms with Crippen molar-refractivity contribution >= 4 is 16.1 Å². The Morgan fingerprint density at radius 3 is 2.06 bits per heavy atom. The number of piperazine rings is 1. The van der Waals surface area contributed by atoms with E-state index in [9.17, 15) is 13.2 Å². The molecule has 2 fully saturated rings. The van der Waals surface area contributed by atoms with Crippen LogP contribution in [-0.2, 0) is 15.0 Å². The van der Waals surface area contributed by atoms with E-state index < -0.39 is 10.2 Å². The van der Waals surface area contributed by atoms with Crippen molar-refractivity contribution < 1.29 is 13.2 Å². The molecule has 0 atom stereocenters. The van der Waals surface area contributed by atoms with Crippen molar-refractivity contribution in [2.75, 3.05) is 26.2 Å². The minimum absolute atomic E-state index is 0.175. The largest absolute Gasteiger partial charge is 0.340 e. The first kappa shape index (κ1) is 13.8. The van der Waals surface area contributed by atoms with Gasteiger partial charge in [-0.1, -0.05) is 19.8 Å². The zero-order chi connectivity index (χ0) is 13.4. The van der Waals surface area contributed by atoms with Gasteiger partial charge < -0.3 is 4.90 Å². The van der Waals surface area contributed by atoms with Gasteiger partial charge in [0.05, 0.1) is 0 Å². The van der Waals surface area contributed by atoms with Crippen LogP contribution in [0.25, 0.3) is 0 Å². The molecule has 7 heteroatoms. The summed E-state index contributed by atoms with van der Waals surface area (Å²) < 4.78 is 23.6.